The summed E-state index contributed by atoms with van der Waals surface area (Å²) >= 11 is 5.35. The summed E-state index contributed by atoms with van der Waals surface area (Å²) in [5.41, 5.74) is 0. The van der Waals surface area contributed by atoms with Crippen LogP contribution in [0.1, 0.15) is 5.76 Å². The van der Waals surface area contributed by atoms with Crippen molar-refractivity contribution in [3.63, 3.8) is 0 Å². The molecule has 0 saturated carbocycles. The predicted octanol–water partition coefficient (Wildman–Crippen LogP) is 1.80. The van der Waals surface area contributed by atoms with E-state index in [4.69, 9.17) is 16.6 Å². The van der Waals surface area contributed by atoms with Crippen LogP contribution in [0.4, 0.5) is 4.39 Å². The van der Waals surface area contributed by atoms with Gasteiger partial charge in [-0.15, -0.1) is 0 Å². The molecule has 0 spiro atoms. The summed E-state index contributed by atoms with van der Waals surface area (Å²) < 4.78 is 45.1. The van der Waals surface area contributed by atoms with E-state index in [1.54, 1.807) is 12.3 Å². The molecule has 1 aliphatic heterocycles. The molecule has 1 aromatic carbocycles. The lowest BCUT2D eigenvalue weighted by atomic mass is 10.3. The van der Waals surface area contributed by atoms with Crippen molar-refractivity contribution in [1.29, 1.82) is 0 Å². The second kappa shape index (κ2) is 7.51. The van der Waals surface area contributed by atoms with E-state index in [9.17, 15) is 12.8 Å². The minimum absolute atomic E-state index is 0.0283. The Balaban J connectivity index is 1.57. The molecule has 3 rings (SSSR count). The lowest BCUT2D eigenvalue weighted by Crippen LogP contribution is -2.52. The molecule has 1 aromatic heterocycles. The molecule has 1 aliphatic rings. The van der Waals surface area contributed by atoms with Crippen molar-refractivity contribution in [3.05, 3.63) is 54.2 Å². The third-order valence-electron chi connectivity index (χ3n) is 3.95. The van der Waals surface area contributed by atoms with Gasteiger partial charge in [-0.1, -0.05) is 6.07 Å². The Morgan fingerprint density at radius 1 is 1.20 bits per heavy atom. The van der Waals surface area contributed by atoms with E-state index >= 15 is 0 Å². The quantitative estimate of drug-likeness (QED) is 0.813. The van der Waals surface area contributed by atoms with Gasteiger partial charge in [-0.05, 0) is 42.5 Å². The number of benzene rings is 1. The lowest BCUT2D eigenvalue weighted by molar-refractivity contribution is 0.263. The van der Waals surface area contributed by atoms with Crippen molar-refractivity contribution in [2.75, 3.05) is 26.2 Å². The topological polar surface area (TPSA) is 65.8 Å². The van der Waals surface area contributed by atoms with Gasteiger partial charge in [0.1, 0.15) is 11.6 Å². The highest BCUT2D eigenvalue weighted by molar-refractivity contribution is 7.89. The summed E-state index contributed by atoms with van der Waals surface area (Å²) in [6.07, 6.45) is 1.59. The number of hydrogen-bond acceptors (Lipinski definition) is 4. The van der Waals surface area contributed by atoms with Crippen LogP contribution in [0.25, 0.3) is 0 Å². The maximum absolute atomic E-state index is 13.3. The zero-order valence-electron chi connectivity index (χ0n) is 13.4. The van der Waals surface area contributed by atoms with E-state index < -0.39 is 15.8 Å². The fourth-order valence-corrected chi connectivity index (χ4v) is 4.30. The fraction of sp³-hybridized carbons (Fsp3) is 0.312. The third-order valence-corrected chi connectivity index (χ3v) is 6.25. The van der Waals surface area contributed by atoms with Crippen LogP contribution in [-0.4, -0.2) is 48.9 Å². The first-order chi connectivity index (χ1) is 12.0. The van der Waals surface area contributed by atoms with E-state index in [0.29, 0.717) is 37.8 Å². The van der Waals surface area contributed by atoms with Crippen molar-refractivity contribution < 1.29 is 17.2 Å². The average Bonchev–Trinajstić information content (AvgIpc) is 3.13. The van der Waals surface area contributed by atoms with Crippen molar-refractivity contribution in [1.82, 2.24) is 14.5 Å². The first-order valence-corrected chi connectivity index (χ1v) is 9.62. The van der Waals surface area contributed by atoms with E-state index in [-0.39, 0.29) is 4.90 Å². The van der Waals surface area contributed by atoms with Gasteiger partial charge in [-0.2, -0.15) is 4.31 Å². The molecule has 0 aliphatic carbocycles. The zero-order chi connectivity index (χ0) is 17.9. The van der Waals surface area contributed by atoms with Crippen molar-refractivity contribution in [2.24, 2.45) is 0 Å². The molecule has 9 heteroatoms. The van der Waals surface area contributed by atoms with Crippen molar-refractivity contribution in [3.8, 4) is 0 Å². The normalized spacial score (nSPS) is 16.0. The van der Waals surface area contributed by atoms with Gasteiger partial charge < -0.3 is 14.6 Å². The van der Waals surface area contributed by atoms with Crippen LogP contribution >= 0.6 is 12.2 Å². The second-order valence-corrected chi connectivity index (χ2v) is 7.91. The number of thiocarbonyl (C=S) groups is 1. The Morgan fingerprint density at radius 2 is 1.96 bits per heavy atom. The minimum Gasteiger partial charge on any atom is -0.467 e. The summed E-state index contributed by atoms with van der Waals surface area (Å²) in [5, 5.41) is 3.65. The number of nitrogens with zero attached hydrogens (tertiary/aromatic N) is 2. The molecule has 1 saturated heterocycles. The molecule has 0 amide bonds. The molecule has 1 N–H and O–H groups in total. The Kier molecular flexibility index (Phi) is 5.36. The molecule has 0 unspecified atom stereocenters. The molecule has 6 nitrogen and oxygen atoms in total. The van der Waals surface area contributed by atoms with E-state index in [1.807, 2.05) is 11.0 Å². The number of nitrogens with one attached hydrogen (secondary N) is 1. The Morgan fingerprint density at radius 3 is 2.60 bits per heavy atom. The molecule has 2 heterocycles. The Labute approximate surface area is 151 Å². The Hall–Kier alpha value is -1.97. The maximum Gasteiger partial charge on any atom is 0.243 e. The molecular weight excluding hydrogens is 365 g/mol. The van der Waals surface area contributed by atoms with Crippen LogP contribution in [0, 0.1) is 5.82 Å². The van der Waals surface area contributed by atoms with Crippen LogP contribution in [0.2, 0.25) is 0 Å². The van der Waals surface area contributed by atoms with Gasteiger partial charge in [0.15, 0.2) is 5.11 Å². The standard InChI is InChI=1S/C16H18FN3O3S2/c17-13-3-1-5-15(11-13)25(21,22)20-8-6-19(7-9-20)16(24)18-12-14-4-2-10-23-14/h1-5,10-11H,6-9,12H2,(H,18,24). The highest BCUT2D eigenvalue weighted by Crippen LogP contribution is 2.18. The molecule has 0 atom stereocenters. The van der Waals surface area contributed by atoms with Crippen LogP contribution in [0.5, 0.6) is 0 Å². The van der Waals surface area contributed by atoms with Crippen molar-refractivity contribution >= 4 is 27.4 Å². The van der Waals surface area contributed by atoms with E-state index in [2.05, 4.69) is 5.32 Å². The number of sulfonamides is 1. The number of piperazine rings is 1. The number of furan rings is 1. The van der Waals surface area contributed by atoms with Gasteiger partial charge in [0.2, 0.25) is 10.0 Å². The summed E-state index contributed by atoms with van der Waals surface area (Å²) in [6, 6.07) is 8.71. The first kappa shape index (κ1) is 17.8. The minimum atomic E-state index is -3.69. The van der Waals surface area contributed by atoms with Crippen LogP contribution in [0.3, 0.4) is 0 Å². The summed E-state index contributed by atoms with van der Waals surface area (Å²) in [6.45, 7) is 2.01. The zero-order valence-corrected chi connectivity index (χ0v) is 15.0. The van der Waals surface area contributed by atoms with Gasteiger partial charge in [0, 0.05) is 26.2 Å². The number of rotatable bonds is 4. The number of halogens is 1. The molecule has 1 fully saturated rings. The van der Waals surface area contributed by atoms with Gasteiger partial charge >= 0.3 is 0 Å². The third kappa shape index (κ3) is 4.17. The molecule has 2 aromatic rings. The lowest BCUT2D eigenvalue weighted by Gasteiger charge is -2.35. The fourth-order valence-electron chi connectivity index (χ4n) is 2.60. The van der Waals surface area contributed by atoms with Gasteiger partial charge in [-0.3, -0.25) is 0 Å². The monoisotopic (exact) mass is 383 g/mol. The number of hydrogen-bond donors (Lipinski definition) is 1. The average molecular weight is 383 g/mol. The van der Waals surface area contributed by atoms with Crippen molar-refractivity contribution in [2.45, 2.75) is 11.4 Å². The van der Waals surface area contributed by atoms with Gasteiger partial charge in [-0.25, -0.2) is 12.8 Å². The van der Waals surface area contributed by atoms with Crippen LogP contribution < -0.4 is 5.32 Å². The highest BCUT2D eigenvalue weighted by atomic mass is 32.2. The molecule has 25 heavy (non-hydrogen) atoms. The largest absolute Gasteiger partial charge is 0.467 e. The molecule has 134 valence electrons. The van der Waals surface area contributed by atoms with Gasteiger partial charge in [0.05, 0.1) is 17.7 Å². The summed E-state index contributed by atoms with van der Waals surface area (Å²) in [7, 11) is -3.69. The summed E-state index contributed by atoms with van der Waals surface area (Å²) in [4.78, 5) is 1.88. The maximum atomic E-state index is 13.3. The molecule has 0 radical (unpaired) electrons. The van der Waals surface area contributed by atoms with Crippen LogP contribution in [0.15, 0.2) is 52.0 Å². The van der Waals surface area contributed by atoms with Gasteiger partial charge in [0.25, 0.3) is 0 Å². The molecular formula is C16H18FN3O3S2. The SMILES string of the molecule is O=S(=O)(c1cccc(F)c1)N1CCN(C(=S)NCc2ccco2)CC1. The predicted molar refractivity (Wildman–Crippen MR) is 94.9 cm³/mol. The Bertz CT molecular complexity index is 832. The van der Waals surface area contributed by atoms with Crippen LogP contribution in [-0.2, 0) is 16.6 Å². The second-order valence-electron chi connectivity index (χ2n) is 5.59. The van der Waals surface area contributed by atoms with E-state index in [1.165, 1.54) is 22.5 Å². The summed E-state index contributed by atoms with van der Waals surface area (Å²) in [5.74, 6) is 0.206. The van der Waals surface area contributed by atoms with E-state index in [0.717, 1.165) is 11.8 Å². The highest BCUT2D eigenvalue weighted by Gasteiger charge is 2.29. The molecule has 0 bridgehead atoms. The first-order valence-electron chi connectivity index (χ1n) is 7.78. The smallest absolute Gasteiger partial charge is 0.243 e.